The topological polar surface area (TPSA) is 50.7 Å². The van der Waals surface area contributed by atoms with Crippen molar-refractivity contribution in [3.05, 3.63) is 28.2 Å². The molecule has 0 saturated carbocycles. The van der Waals surface area contributed by atoms with E-state index >= 15 is 0 Å². The van der Waals surface area contributed by atoms with Gasteiger partial charge in [0.15, 0.2) is 0 Å². The summed E-state index contributed by atoms with van der Waals surface area (Å²) in [4.78, 5) is 0. The van der Waals surface area contributed by atoms with E-state index in [0.717, 1.165) is 35.3 Å². The van der Waals surface area contributed by atoms with Crippen molar-refractivity contribution in [3.8, 4) is 5.75 Å². The van der Waals surface area contributed by atoms with E-state index in [1.54, 1.807) is 7.11 Å². The van der Waals surface area contributed by atoms with Crippen molar-refractivity contribution in [2.45, 2.75) is 26.0 Å². The van der Waals surface area contributed by atoms with Crippen LogP contribution < -0.4 is 10.1 Å². The van der Waals surface area contributed by atoms with Crippen molar-refractivity contribution in [2.24, 2.45) is 0 Å². The number of nitrogens with one attached hydrogen (secondary N) is 1. The first kappa shape index (κ1) is 16.4. The SMILES string of the molecule is CCCNCc1cccc(Br)c1OCC(O)COC. The zero-order chi connectivity index (χ0) is 14.1. The fourth-order valence-electron chi connectivity index (χ4n) is 1.67. The second-order valence-electron chi connectivity index (χ2n) is 4.33. The van der Waals surface area contributed by atoms with Gasteiger partial charge in [-0.25, -0.2) is 0 Å². The van der Waals surface area contributed by atoms with E-state index < -0.39 is 6.10 Å². The third-order valence-corrected chi connectivity index (χ3v) is 3.19. The highest BCUT2D eigenvalue weighted by atomic mass is 79.9. The zero-order valence-corrected chi connectivity index (χ0v) is 13.1. The maximum Gasteiger partial charge on any atom is 0.138 e. The fourth-order valence-corrected chi connectivity index (χ4v) is 2.20. The highest BCUT2D eigenvalue weighted by Gasteiger charge is 2.10. The van der Waals surface area contributed by atoms with Crippen LogP contribution in [0.25, 0.3) is 0 Å². The molecule has 0 radical (unpaired) electrons. The van der Waals surface area contributed by atoms with E-state index in [-0.39, 0.29) is 13.2 Å². The number of methoxy groups -OCH3 is 1. The molecule has 0 fully saturated rings. The third kappa shape index (κ3) is 5.91. The fraction of sp³-hybridized carbons (Fsp3) is 0.571. The summed E-state index contributed by atoms with van der Waals surface area (Å²) in [5.41, 5.74) is 1.08. The highest BCUT2D eigenvalue weighted by molar-refractivity contribution is 9.10. The van der Waals surface area contributed by atoms with Crippen LogP contribution in [0.2, 0.25) is 0 Å². The Hall–Kier alpha value is -0.620. The van der Waals surface area contributed by atoms with Gasteiger partial charge >= 0.3 is 0 Å². The van der Waals surface area contributed by atoms with E-state index in [1.165, 1.54) is 0 Å². The van der Waals surface area contributed by atoms with Crippen molar-refractivity contribution in [1.29, 1.82) is 0 Å². The van der Waals surface area contributed by atoms with Gasteiger partial charge in [0.1, 0.15) is 18.5 Å². The lowest BCUT2D eigenvalue weighted by Crippen LogP contribution is -2.23. The van der Waals surface area contributed by atoms with Crippen LogP contribution in [0.15, 0.2) is 22.7 Å². The third-order valence-electron chi connectivity index (χ3n) is 2.57. The number of para-hydroxylation sites is 1. The van der Waals surface area contributed by atoms with Crippen LogP contribution in [0, 0.1) is 0 Å². The number of aliphatic hydroxyl groups is 1. The van der Waals surface area contributed by atoms with Gasteiger partial charge in [-0.1, -0.05) is 19.1 Å². The first-order valence-electron chi connectivity index (χ1n) is 6.47. The molecule has 1 atom stereocenters. The molecule has 5 heteroatoms. The monoisotopic (exact) mass is 331 g/mol. The normalized spacial score (nSPS) is 12.4. The first-order chi connectivity index (χ1) is 9.19. The summed E-state index contributed by atoms with van der Waals surface area (Å²) in [5.74, 6) is 0.779. The van der Waals surface area contributed by atoms with Crippen molar-refractivity contribution in [1.82, 2.24) is 5.32 Å². The molecule has 0 aliphatic carbocycles. The molecule has 1 aromatic rings. The number of ether oxygens (including phenoxy) is 2. The van der Waals surface area contributed by atoms with Crippen LogP contribution in [0.4, 0.5) is 0 Å². The molecule has 0 aliphatic heterocycles. The number of halogens is 1. The van der Waals surface area contributed by atoms with Crippen LogP contribution in [-0.2, 0) is 11.3 Å². The smallest absolute Gasteiger partial charge is 0.138 e. The molecule has 108 valence electrons. The Morgan fingerprint density at radius 2 is 2.16 bits per heavy atom. The van der Waals surface area contributed by atoms with Gasteiger partial charge in [0, 0.05) is 19.2 Å². The summed E-state index contributed by atoms with van der Waals surface area (Å²) in [5, 5.41) is 13.0. The van der Waals surface area contributed by atoms with Crippen LogP contribution >= 0.6 is 15.9 Å². The van der Waals surface area contributed by atoms with E-state index in [0.29, 0.717) is 0 Å². The zero-order valence-electron chi connectivity index (χ0n) is 11.5. The number of hydrogen-bond acceptors (Lipinski definition) is 4. The molecule has 0 bridgehead atoms. The minimum absolute atomic E-state index is 0.219. The Morgan fingerprint density at radius 1 is 1.37 bits per heavy atom. The van der Waals surface area contributed by atoms with Gasteiger partial charge < -0.3 is 19.9 Å². The Morgan fingerprint density at radius 3 is 2.84 bits per heavy atom. The molecular formula is C14H22BrNO3. The highest BCUT2D eigenvalue weighted by Crippen LogP contribution is 2.29. The first-order valence-corrected chi connectivity index (χ1v) is 7.26. The molecular weight excluding hydrogens is 310 g/mol. The molecule has 0 heterocycles. The second-order valence-corrected chi connectivity index (χ2v) is 5.18. The standard InChI is InChI=1S/C14H22BrNO3/c1-3-7-16-8-11-5-4-6-13(15)14(11)19-10-12(17)9-18-2/h4-6,12,16-17H,3,7-10H2,1-2H3. The van der Waals surface area contributed by atoms with Gasteiger partial charge in [-0.3, -0.25) is 0 Å². The summed E-state index contributed by atoms with van der Waals surface area (Å²) in [6, 6.07) is 5.93. The van der Waals surface area contributed by atoms with Gasteiger partial charge in [-0.2, -0.15) is 0 Å². The van der Waals surface area contributed by atoms with Gasteiger partial charge in [-0.05, 0) is 35.0 Å². The Balaban J connectivity index is 2.63. The number of benzene rings is 1. The van der Waals surface area contributed by atoms with Crippen LogP contribution in [0.5, 0.6) is 5.75 Å². The summed E-state index contributed by atoms with van der Waals surface area (Å²) >= 11 is 3.48. The minimum Gasteiger partial charge on any atom is -0.489 e. The largest absolute Gasteiger partial charge is 0.489 e. The molecule has 2 N–H and O–H groups in total. The molecule has 19 heavy (non-hydrogen) atoms. The predicted molar refractivity (Wildman–Crippen MR) is 79.5 cm³/mol. The molecule has 0 spiro atoms. The molecule has 0 saturated heterocycles. The summed E-state index contributed by atoms with van der Waals surface area (Å²) in [7, 11) is 1.56. The van der Waals surface area contributed by atoms with E-state index in [1.807, 2.05) is 18.2 Å². The van der Waals surface area contributed by atoms with E-state index in [4.69, 9.17) is 9.47 Å². The number of rotatable bonds is 9. The number of hydrogen-bond donors (Lipinski definition) is 2. The average molecular weight is 332 g/mol. The van der Waals surface area contributed by atoms with Crippen molar-refractivity contribution in [3.63, 3.8) is 0 Å². The van der Waals surface area contributed by atoms with Gasteiger partial charge in [0.25, 0.3) is 0 Å². The maximum absolute atomic E-state index is 9.63. The van der Waals surface area contributed by atoms with Crippen LogP contribution in [0.3, 0.4) is 0 Å². The second kappa shape index (κ2) is 9.31. The van der Waals surface area contributed by atoms with Gasteiger partial charge in [0.2, 0.25) is 0 Å². The minimum atomic E-state index is -0.617. The summed E-state index contributed by atoms with van der Waals surface area (Å²) in [6.45, 7) is 4.35. The Labute approximate surface area is 123 Å². The van der Waals surface area contributed by atoms with E-state index in [9.17, 15) is 5.11 Å². The van der Waals surface area contributed by atoms with E-state index in [2.05, 4.69) is 28.2 Å². The summed E-state index contributed by atoms with van der Waals surface area (Å²) < 4.78 is 11.5. The Kier molecular flexibility index (Phi) is 8.05. The molecule has 1 rings (SSSR count). The van der Waals surface area contributed by atoms with Crippen molar-refractivity contribution >= 4 is 15.9 Å². The molecule has 0 amide bonds. The predicted octanol–water partition coefficient (Wildman–Crippen LogP) is 2.33. The number of aliphatic hydroxyl groups excluding tert-OH is 1. The molecule has 1 aromatic carbocycles. The summed E-state index contributed by atoms with van der Waals surface area (Å²) in [6.07, 6.45) is 0.477. The van der Waals surface area contributed by atoms with Crippen LogP contribution in [-0.4, -0.2) is 38.1 Å². The molecule has 1 unspecified atom stereocenters. The lowest BCUT2D eigenvalue weighted by molar-refractivity contribution is 0.0321. The Bertz CT molecular complexity index is 374. The quantitative estimate of drug-likeness (QED) is 0.682. The molecule has 0 aromatic heterocycles. The maximum atomic E-state index is 9.63. The van der Waals surface area contributed by atoms with Crippen molar-refractivity contribution in [2.75, 3.05) is 26.9 Å². The van der Waals surface area contributed by atoms with Gasteiger partial charge in [-0.15, -0.1) is 0 Å². The van der Waals surface area contributed by atoms with Gasteiger partial charge in [0.05, 0.1) is 11.1 Å². The lowest BCUT2D eigenvalue weighted by Gasteiger charge is -2.16. The van der Waals surface area contributed by atoms with Crippen molar-refractivity contribution < 1.29 is 14.6 Å². The van der Waals surface area contributed by atoms with Crippen LogP contribution in [0.1, 0.15) is 18.9 Å². The molecule has 0 aliphatic rings. The average Bonchev–Trinajstić information content (AvgIpc) is 2.38. The molecule has 4 nitrogen and oxygen atoms in total. The lowest BCUT2D eigenvalue weighted by atomic mass is 10.2.